The van der Waals surface area contributed by atoms with Gasteiger partial charge in [-0.25, -0.2) is 0 Å². The molecule has 0 radical (unpaired) electrons. The first-order valence-electron chi connectivity index (χ1n) is 2.97. The van der Waals surface area contributed by atoms with Crippen LogP contribution in [-0.2, 0) is 4.79 Å². The summed E-state index contributed by atoms with van der Waals surface area (Å²) in [5.74, 6) is 0.279. The van der Waals surface area contributed by atoms with E-state index in [2.05, 4.69) is 15.9 Å². The normalized spacial score (nSPS) is 22.9. The van der Waals surface area contributed by atoms with Gasteiger partial charge in [0.05, 0.1) is 10.2 Å². The van der Waals surface area contributed by atoms with Crippen LogP contribution in [0.15, 0.2) is 0 Å². The highest BCUT2D eigenvalue weighted by Gasteiger charge is 2.40. The maximum atomic E-state index is 10.9. The first kappa shape index (κ1) is 7.55. The van der Waals surface area contributed by atoms with Gasteiger partial charge in [-0.1, -0.05) is 15.9 Å². The van der Waals surface area contributed by atoms with Crippen LogP contribution in [0.1, 0.15) is 19.3 Å². The lowest BCUT2D eigenvalue weighted by Gasteiger charge is -2.33. The second-order valence-corrected chi connectivity index (χ2v) is 4.16. The third-order valence-corrected chi connectivity index (χ3v) is 3.25. The minimum Gasteiger partial charge on any atom is -0.297 e. The van der Waals surface area contributed by atoms with Gasteiger partial charge in [0.1, 0.15) is 0 Å². The van der Waals surface area contributed by atoms with Crippen LogP contribution in [0.2, 0.25) is 0 Å². The van der Waals surface area contributed by atoms with Crippen LogP contribution < -0.4 is 0 Å². The predicted molar refractivity (Wildman–Crippen MR) is 41.2 cm³/mol. The fourth-order valence-electron chi connectivity index (χ4n) is 0.886. The first-order chi connectivity index (χ1) is 4.19. The number of carbonyl (C=O) groups is 1. The maximum absolute atomic E-state index is 10.9. The Morgan fingerprint density at radius 2 is 2.22 bits per heavy atom. The van der Waals surface area contributed by atoms with Gasteiger partial charge >= 0.3 is 0 Å². The monoisotopic (exact) mass is 210 g/mol. The van der Waals surface area contributed by atoms with Gasteiger partial charge in [0.25, 0.3) is 0 Å². The maximum Gasteiger partial charge on any atom is 0.164 e. The van der Waals surface area contributed by atoms with Crippen molar-refractivity contribution in [3.63, 3.8) is 0 Å². The summed E-state index contributed by atoms with van der Waals surface area (Å²) in [6.45, 7) is 0. The second kappa shape index (κ2) is 2.59. The molecule has 1 aliphatic carbocycles. The van der Waals surface area contributed by atoms with E-state index in [9.17, 15) is 4.79 Å². The summed E-state index contributed by atoms with van der Waals surface area (Å²) in [5, 5.41) is 0. The molecule has 9 heavy (non-hydrogen) atoms. The molecular weight excluding hydrogens is 203 g/mol. The van der Waals surface area contributed by atoms with Crippen molar-refractivity contribution in [2.45, 2.75) is 23.6 Å². The Labute approximate surface area is 67.9 Å². The zero-order valence-electron chi connectivity index (χ0n) is 4.99. The Balaban J connectivity index is 2.49. The second-order valence-electron chi connectivity index (χ2n) is 2.38. The molecule has 0 bridgehead atoms. The Morgan fingerprint density at radius 1 is 1.67 bits per heavy atom. The summed E-state index contributed by atoms with van der Waals surface area (Å²) in [7, 11) is 0. The van der Waals surface area contributed by atoms with Crippen LogP contribution >= 0.6 is 27.5 Å². The Kier molecular flexibility index (Phi) is 2.17. The molecule has 52 valence electrons. The number of carbonyl (C=O) groups excluding carboxylic acids is 1. The molecular formula is C6H8BrClO. The summed E-state index contributed by atoms with van der Waals surface area (Å²) in [6.07, 6.45) is 3.06. The van der Waals surface area contributed by atoms with Crippen molar-refractivity contribution in [3.8, 4) is 0 Å². The molecule has 1 fully saturated rings. The zero-order valence-corrected chi connectivity index (χ0v) is 7.33. The third-order valence-electron chi connectivity index (χ3n) is 1.77. The van der Waals surface area contributed by atoms with Gasteiger partial charge in [-0.2, -0.15) is 0 Å². The largest absolute Gasteiger partial charge is 0.297 e. The van der Waals surface area contributed by atoms with E-state index in [0.29, 0.717) is 0 Å². The molecule has 0 saturated heterocycles. The van der Waals surface area contributed by atoms with Crippen LogP contribution in [0, 0.1) is 0 Å². The van der Waals surface area contributed by atoms with E-state index in [1.807, 2.05) is 0 Å². The molecule has 1 nitrogen and oxygen atoms in total. The molecule has 0 heterocycles. The van der Waals surface area contributed by atoms with E-state index >= 15 is 0 Å². The summed E-state index contributed by atoms with van der Waals surface area (Å²) in [4.78, 5) is 10.9. The minimum absolute atomic E-state index is 0.135. The molecule has 0 unspecified atom stereocenters. The van der Waals surface area contributed by atoms with E-state index in [-0.39, 0.29) is 16.0 Å². The quantitative estimate of drug-likeness (QED) is 0.640. The Morgan fingerprint density at radius 3 is 2.33 bits per heavy atom. The molecule has 0 atom stereocenters. The van der Waals surface area contributed by atoms with Gasteiger partial charge in [0.2, 0.25) is 0 Å². The molecule has 1 aliphatic rings. The van der Waals surface area contributed by atoms with Gasteiger partial charge in [-0.3, -0.25) is 4.79 Å². The van der Waals surface area contributed by atoms with Crippen LogP contribution in [0.4, 0.5) is 0 Å². The Bertz CT molecular complexity index is 131. The van der Waals surface area contributed by atoms with Crippen LogP contribution in [0.5, 0.6) is 0 Å². The molecule has 0 aliphatic heterocycles. The fourth-order valence-corrected chi connectivity index (χ4v) is 2.00. The van der Waals surface area contributed by atoms with Gasteiger partial charge < -0.3 is 0 Å². The number of rotatable bonds is 2. The summed E-state index contributed by atoms with van der Waals surface area (Å²) < 4.78 is -0.227. The SMILES string of the molecule is O=C(CCl)C1(Br)CCC1. The molecule has 0 aromatic rings. The summed E-state index contributed by atoms with van der Waals surface area (Å²) in [6, 6.07) is 0. The zero-order chi connectivity index (χ0) is 6.91. The first-order valence-corrected chi connectivity index (χ1v) is 4.30. The van der Waals surface area contributed by atoms with Crippen molar-refractivity contribution < 1.29 is 4.79 Å². The van der Waals surface area contributed by atoms with Crippen molar-refractivity contribution >= 4 is 33.3 Å². The van der Waals surface area contributed by atoms with E-state index in [4.69, 9.17) is 11.6 Å². The van der Waals surface area contributed by atoms with Gasteiger partial charge in [-0.05, 0) is 19.3 Å². The number of halogens is 2. The van der Waals surface area contributed by atoms with E-state index < -0.39 is 0 Å². The number of alkyl halides is 2. The molecule has 0 amide bonds. The minimum atomic E-state index is -0.227. The lowest BCUT2D eigenvalue weighted by atomic mass is 9.82. The topological polar surface area (TPSA) is 17.1 Å². The smallest absolute Gasteiger partial charge is 0.164 e. The highest BCUT2D eigenvalue weighted by Crippen LogP contribution is 2.40. The van der Waals surface area contributed by atoms with Gasteiger partial charge in [0, 0.05) is 0 Å². The van der Waals surface area contributed by atoms with E-state index in [1.165, 1.54) is 0 Å². The molecule has 1 saturated carbocycles. The molecule has 0 aromatic carbocycles. The van der Waals surface area contributed by atoms with Crippen molar-refractivity contribution in [2.24, 2.45) is 0 Å². The highest BCUT2D eigenvalue weighted by molar-refractivity contribution is 9.10. The average Bonchev–Trinajstić information content (AvgIpc) is 1.81. The lowest BCUT2D eigenvalue weighted by molar-refractivity contribution is -0.120. The number of hydrogen-bond donors (Lipinski definition) is 0. The van der Waals surface area contributed by atoms with Crippen molar-refractivity contribution in [2.75, 3.05) is 5.88 Å². The van der Waals surface area contributed by atoms with Crippen LogP contribution in [-0.4, -0.2) is 16.0 Å². The molecule has 3 heteroatoms. The number of ketones is 1. The fraction of sp³-hybridized carbons (Fsp3) is 0.833. The van der Waals surface area contributed by atoms with Gasteiger partial charge in [-0.15, -0.1) is 11.6 Å². The van der Waals surface area contributed by atoms with Gasteiger partial charge in [0.15, 0.2) is 5.78 Å². The molecule has 1 rings (SSSR count). The van der Waals surface area contributed by atoms with E-state index in [1.54, 1.807) is 0 Å². The number of hydrogen-bond acceptors (Lipinski definition) is 1. The third kappa shape index (κ3) is 1.30. The molecule has 0 N–H and O–H groups in total. The summed E-state index contributed by atoms with van der Waals surface area (Å²) >= 11 is 8.73. The van der Waals surface area contributed by atoms with Crippen LogP contribution in [0.25, 0.3) is 0 Å². The van der Waals surface area contributed by atoms with E-state index in [0.717, 1.165) is 19.3 Å². The van der Waals surface area contributed by atoms with Crippen molar-refractivity contribution in [1.29, 1.82) is 0 Å². The highest BCUT2D eigenvalue weighted by atomic mass is 79.9. The number of Topliss-reactive ketones (excluding diaryl/α,β-unsaturated/α-hetero) is 1. The van der Waals surface area contributed by atoms with Crippen molar-refractivity contribution in [1.82, 2.24) is 0 Å². The average molecular weight is 211 g/mol. The molecule has 0 aromatic heterocycles. The van der Waals surface area contributed by atoms with Crippen molar-refractivity contribution in [3.05, 3.63) is 0 Å². The standard InChI is InChI=1S/C6H8BrClO/c7-6(2-1-3-6)5(9)4-8/h1-4H2. The summed E-state index contributed by atoms with van der Waals surface area (Å²) in [5.41, 5.74) is 0. The predicted octanol–water partition coefficient (Wildman–Crippen LogP) is 2.11. The van der Waals surface area contributed by atoms with Crippen LogP contribution in [0.3, 0.4) is 0 Å². The lowest BCUT2D eigenvalue weighted by Crippen LogP contribution is -2.39. The molecule has 0 spiro atoms. The Hall–Kier alpha value is 0.440.